The Balaban J connectivity index is 2.02. The lowest BCUT2D eigenvalue weighted by Crippen LogP contribution is -2.30. The maximum atomic E-state index is 14.9. The topological polar surface area (TPSA) is 57.6 Å². The van der Waals surface area contributed by atoms with E-state index in [1.54, 1.807) is 55.5 Å². The second-order valence-corrected chi connectivity index (χ2v) is 7.95. The number of hydrogen-bond acceptors (Lipinski definition) is 3. The molecule has 0 bridgehead atoms. The fraction of sp³-hybridized carbons (Fsp3) is 0.0833. The highest BCUT2D eigenvalue weighted by atomic mass is 35.5. The summed E-state index contributed by atoms with van der Waals surface area (Å²) in [6.07, 6.45) is 0. The maximum Gasteiger partial charge on any atom is 0.300 e. The number of rotatable bonds is 3. The molecule has 31 heavy (non-hydrogen) atoms. The van der Waals surface area contributed by atoms with Gasteiger partial charge in [-0.1, -0.05) is 65.7 Å². The van der Waals surface area contributed by atoms with Gasteiger partial charge in [0.1, 0.15) is 5.76 Å². The first-order chi connectivity index (χ1) is 14.8. The highest BCUT2D eigenvalue weighted by Crippen LogP contribution is 2.44. The van der Waals surface area contributed by atoms with Gasteiger partial charge in [-0.25, -0.2) is 4.39 Å². The Bertz CT molecular complexity index is 1240. The lowest BCUT2D eigenvalue weighted by Gasteiger charge is -2.27. The Morgan fingerprint density at radius 2 is 1.71 bits per heavy atom. The monoisotopic (exact) mass is 455 g/mol. The van der Waals surface area contributed by atoms with Crippen LogP contribution in [0.1, 0.15) is 22.7 Å². The van der Waals surface area contributed by atoms with E-state index in [9.17, 15) is 19.1 Å². The number of amides is 1. The van der Waals surface area contributed by atoms with Gasteiger partial charge in [0.15, 0.2) is 5.82 Å². The zero-order valence-electron chi connectivity index (χ0n) is 16.3. The number of ketones is 1. The molecule has 3 aromatic rings. The van der Waals surface area contributed by atoms with Gasteiger partial charge in [-0.05, 0) is 42.3 Å². The van der Waals surface area contributed by atoms with Gasteiger partial charge in [-0.2, -0.15) is 0 Å². The van der Waals surface area contributed by atoms with Crippen molar-refractivity contribution in [1.82, 2.24) is 0 Å². The van der Waals surface area contributed by atoms with Crippen LogP contribution in [0.5, 0.6) is 0 Å². The van der Waals surface area contributed by atoms with Crippen molar-refractivity contribution in [2.24, 2.45) is 0 Å². The molecule has 4 nitrogen and oxygen atoms in total. The molecule has 1 heterocycles. The van der Waals surface area contributed by atoms with Crippen molar-refractivity contribution in [3.8, 4) is 0 Å². The standard InChI is InChI=1S/C24H16Cl2FNO3/c1-13-12-15(25)10-11-16(13)21-19(22(29)14-6-3-2-4-7-14)23(30)24(31)28(21)18-9-5-8-17(26)20(18)27/h2-12,21,29H,1H3. The highest BCUT2D eigenvalue weighted by Gasteiger charge is 2.48. The van der Waals surface area contributed by atoms with Gasteiger partial charge in [0, 0.05) is 10.6 Å². The Hall–Kier alpha value is -3.15. The van der Waals surface area contributed by atoms with Crippen LogP contribution in [0.2, 0.25) is 10.0 Å². The van der Waals surface area contributed by atoms with Crippen LogP contribution in [0, 0.1) is 12.7 Å². The second kappa shape index (κ2) is 8.17. The molecule has 1 aliphatic heterocycles. The summed E-state index contributed by atoms with van der Waals surface area (Å²) in [4.78, 5) is 27.2. The summed E-state index contributed by atoms with van der Waals surface area (Å²) in [5.74, 6) is -3.05. The van der Waals surface area contributed by atoms with Gasteiger partial charge in [0.05, 0.1) is 22.3 Å². The van der Waals surface area contributed by atoms with Crippen LogP contribution in [0.4, 0.5) is 10.1 Å². The molecule has 0 aromatic heterocycles. The average molecular weight is 456 g/mol. The summed E-state index contributed by atoms with van der Waals surface area (Å²) in [6, 6.07) is 16.5. The average Bonchev–Trinajstić information content (AvgIpc) is 3.01. The zero-order valence-corrected chi connectivity index (χ0v) is 17.8. The number of Topliss-reactive ketones (excluding diaryl/α,β-unsaturated/α-hetero) is 1. The minimum Gasteiger partial charge on any atom is -0.507 e. The number of aliphatic hydroxyl groups is 1. The Kier molecular flexibility index (Phi) is 5.56. The first-order valence-corrected chi connectivity index (χ1v) is 10.1. The Morgan fingerprint density at radius 3 is 2.39 bits per heavy atom. The number of carbonyl (C=O) groups excluding carboxylic acids is 2. The quantitative estimate of drug-likeness (QED) is 0.296. The molecule has 1 saturated heterocycles. The molecule has 3 aromatic carbocycles. The van der Waals surface area contributed by atoms with E-state index in [1.807, 2.05) is 0 Å². The minimum atomic E-state index is -1.06. The van der Waals surface area contributed by atoms with Crippen molar-refractivity contribution >= 4 is 46.3 Å². The van der Waals surface area contributed by atoms with Gasteiger partial charge < -0.3 is 5.11 Å². The summed E-state index contributed by atoms with van der Waals surface area (Å²) >= 11 is 12.0. The number of aryl methyl sites for hydroxylation is 1. The van der Waals surface area contributed by atoms with Gasteiger partial charge in [-0.3, -0.25) is 14.5 Å². The first-order valence-electron chi connectivity index (χ1n) is 9.37. The van der Waals surface area contributed by atoms with Crippen molar-refractivity contribution in [3.63, 3.8) is 0 Å². The smallest absolute Gasteiger partial charge is 0.300 e. The molecular formula is C24H16Cl2FNO3. The van der Waals surface area contributed by atoms with Crippen LogP contribution < -0.4 is 4.90 Å². The minimum absolute atomic E-state index is 0.138. The summed E-state index contributed by atoms with van der Waals surface area (Å²) in [5, 5.41) is 11.3. The van der Waals surface area contributed by atoms with Crippen molar-refractivity contribution in [1.29, 1.82) is 0 Å². The van der Waals surface area contributed by atoms with Gasteiger partial charge in [0.2, 0.25) is 0 Å². The molecule has 1 N–H and O–H groups in total. The van der Waals surface area contributed by atoms with Gasteiger partial charge in [0.25, 0.3) is 11.7 Å². The molecule has 7 heteroatoms. The van der Waals surface area contributed by atoms with Crippen molar-refractivity contribution < 1.29 is 19.1 Å². The number of anilines is 1. The van der Waals surface area contributed by atoms with Crippen molar-refractivity contribution in [3.05, 3.63) is 105 Å². The summed E-state index contributed by atoms with van der Waals surface area (Å²) in [6.45, 7) is 1.76. The van der Waals surface area contributed by atoms with Crippen LogP contribution in [0.15, 0.2) is 72.3 Å². The van der Waals surface area contributed by atoms with Crippen LogP contribution in [-0.2, 0) is 9.59 Å². The number of aliphatic hydroxyl groups excluding tert-OH is 1. The lowest BCUT2D eigenvalue weighted by molar-refractivity contribution is -0.132. The van der Waals surface area contributed by atoms with Gasteiger partial charge in [-0.15, -0.1) is 0 Å². The van der Waals surface area contributed by atoms with E-state index in [0.29, 0.717) is 21.7 Å². The van der Waals surface area contributed by atoms with E-state index in [0.717, 1.165) is 4.90 Å². The van der Waals surface area contributed by atoms with Crippen LogP contribution in [0.25, 0.3) is 5.76 Å². The molecule has 1 atom stereocenters. The molecule has 1 fully saturated rings. The third-order valence-electron chi connectivity index (χ3n) is 5.21. The normalized spacial score (nSPS) is 17.9. The number of nitrogens with zero attached hydrogens (tertiary/aromatic N) is 1. The third-order valence-corrected chi connectivity index (χ3v) is 5.74. The fourth-order valence-corrected chi connectivity index (χ4v) is 4.15. The largest absolute Gasteiger partial charge is 0.507 e. The summed E-state index contributed by atoms with van der Waals surface area (Å²) in [7, 11) is 0. The summed E-state index contributed by atoms with van der Waals surface area (Å²) < 4.78 is 14.9. The van der Waals surface area contributed by atoms with Crippen molar-refractivity contribution in [2.45, 2.75) is 13.0 Å². The number of benzene rings is 3. The molecule has 1 aliphatic rings. The molecule has 0 radical (unpaired) electrons. The number of carbonyl (C=O) groups is 2. The van der Waals surface area contributed by atoms with E-state index in [-0.39, 0.29) is 22.0 Å². The lowest BCUT2D eigenvalue weighted by atomic mass is 9.92. The first kappa shape index (κ1) is 21.1. The molecule has 0 spiro atoms. The van der Waals surface area contributed by atoms with Gasteiger partial charge >= 0.3 is 0 Å². The summed E-state index contributed by atoms with van der Waals surface area (Å²) in [5.41, 5.74) is 1.27. The third kappa shape index (κ3) is 3.60. The molecule has 1 unspecified atom stereocenters. The predicted octanol–water partition coefficient (Wildman–Crippen LogP) is 6.07. The van der Waals surface area contributed by atoms with E-state index in [4.69, 9.17) is 23.2 Å². The Morgan fingerprint density at radius 1 is 1.00 bits per heavy atom. The van der Waals surface area contributed by atoms with E-state index in [2.05, 4.69) is 0 Å². The van der Waals surface area contributed by atoms with E-state index < -0.39 is 23.5 Å². The number of halogens is 3. The highest BCUT2D eigenvalue weighted by molar-refractivity contribution is 6.52. The maximum absolute atomic E-state index is 14.9. The molecule has 1 amide bonds. The molecule has 0 saturated carbocycles. The molecular weight excluding hydrogens is 440 g/mol. The van der Waals surface area contributed by atoms with Crippen LogP contribution >= 0.6 is 23.2 Å². The molecule has 4 rings (SSSR count). The van der Waals surface area contributed by atoms with E-state index in [1.165, 1.54) is 18.2 Å². The Labute approximate surface area is 188 Å². The molecule has 0 aliphatic carbocycles. The fourth-order valence-electron chi connectivity index (χ4n) is 3.75. The van der Waals surface area contributed by atoms with Crippen molar-refractivity contribution in [2.75, 3.05) is 4.90 Å². The van der Waals surface area contributed by atoms with E-state index >= 15 is 0 Å². The second-order valence-electron chi connectivity index (χ2n) is 7.11. The predicted molar refractivity (Wildman–Crippen MR) is 119 cm³/mol. The number of hydrogen-bond donors (Lipinski definition) is 1. The van der Waals surface area contributed by atoms with Crippen LogP contribution in [0.3, 0.4) is 0 Å². The SMILES string of the molecule is Cc1cc(Cl)ccc1C1C(=C(O)c2ccccc2)C(=O)C(=O)N1c1cccc(Cl)c1F. The van der Waals surface area contributed by atoms with Crippen LogP contribution in [-0.4, -0.2) is 16.8 Å². The zero-order chi connectivity index (χ0) is 22.3. The molecule has 156 valence electrons.